The third-order valence-electron chi connectivity index (χ3n) is 4.88. The van der Waals surface area contributed by atoms with Gasteiger partial charge in [0.1, 0.15) is 11.6 Å². The van der Waals surface area contributed by atoms with Crippen LogP contribution in [0.1, 0.15) is 52.8 Å². The van der Waals surface area contributed by atoms with Crippen molar-refractivity contribution in [1.82, 2.24) is 14.9 Å². The Kier molecular flexibility index (Phi) is 5.55. The zero-order valence-electron chi connectivity index (χ0n) is 16.2. The van der Waals surface area contributed by atoms with E-state index >= 15 is 0 Å². The molecule has 0 unspecified atom stereocenters. The standard InChI is InChI=1S/C21H28N4O/c1-5-6-7-16-8-10-17(11-9-16)21(26)25-13-12-19-18(14-25)20(24(3)4)23-15(2)22-19/h8-11H,5-7,12-14H2,1-4H3. The first-order valence-corrected chi connectivity index (χ1v) is 9.41. The number of hydrogen-bond donors (Lipinski definition) is 0. The average molecular weight is 352 g/mol. The van der Waals surface area contributed by atoms with E-state index in [1.165, 1.54) is 18.4 Å². The highest BCUT2D eigenvalue weighted by Gasteiger charge is 2.26. The van der Waals surface area contributed by atoms with Crippen molar-refractivity contribution in [3.8, 4) is 0 Å². The SMILES string of the molecule is CCCCc1ccc(C(=O)N2CCc3nc(C)nc(N(C)C)c3C2)cc1. The Morgan fingerprint density at radius 1 is 1.19 bits per heavy atom. The summed E-state index contributed by atoms with van der Waals surface area (Å²) in [6.07, 6.45) is 4.22. The Balaban J connectivity index is 1.79. The Hall–Kier alpha value is -2.43. The van der Waals surface area contributed by atoms with E-state index in [0.29, 0.717) is 13.1 Å². The molecule has 0 radical (unpaired) electrons. The van der Waals surface area contributed by atoms with E-state index in [1.807, 2.05) is 43.0 Å². The summed E-state index contributed by atoms with van der Waals surface area (Å²) in [5.74, 6) is 1.79. The molecule has 1 aliphatic heterocycles. The zero-order chi connectivity index (χ0) is 18.7. The third kappa shape index (κ3) is 3.87. The molecule has 5 nitrogen and oxygen atoms in total. The number of unbranched alkanes of at least 4 members (excludes halogenated alkanes) is 1. The van der Waals surface area contributed by atoms with Gasteiger partial charge in [0.2, 0.25) is 0 Å². The Morgan fingerprint density at radius 3 is 2.58 bits per heavy atom. The first-order chi connectivity index (χ1) is 12.5. The number of carbonyl (C=O) groups is 1. The molecule has 2 aromatic rings. The van der Waals surface area contributed by atoms with Gasteiger partial charge in [-0.25, -0.2) is 9.97 Å². The van der Waals surface area contributed by atoms with Crippen LogP contribution in [0.25, 0.3) is 0 Å². The van der Waals surface area contributed by atoms with Crippen LogP contribution in [0.4, 0.5) is 5.82 Å². The van der Waals surface area contributed by atoms with Gasteiger partial charge in [-0.05, 0) is 37.5 Å². The molecule has 0 aliphatic carbocycles. The van der Waals surface area contributed by atoms with Crippen LogP contribution in [0, 0.1) is 6.92 Å². The molecule has 1 amide bonds. The van der Waals surface area contributed by atoms with Crippen LogP contribution in [-0.4, -0.2) is 41.4 Å². The number of amides is 1. The number of anilines is 1. The van der Waals surface area contributed by atoms with E-state index in [0.717, 1.165) is 41.3 Å². The molecular weight excluding hydrogens is 324 g/mol. The maximum Gasteiger partial charge on any atom is 0.254 e. The second-order valence-corrected chi connectivity index (χ2v) is 7.19. The first kappa shape index (κ1) is 18.4. The molecule has 0 fully saturated rings. The summed E-state index contributed by atoms with van der Waals surface area (Å²) >= 11 is 0. The zero-order valence-corrected chi connectivity index (χ0v) is 16.2. The highest BCUT2D eigenvalue weighted by Crippen LogP contribution is 2.26. The fraction of sp³-hybridized carbons (Fsp3) is 0.476. The van der Waals surface area contributed by atoms with Crippen molar-refractivity contribution >= 4 is 11.7 Å². The second kappa shape index (κ2) is 7.85. The average Bonchev–Trinajstić information content (AvgIpc) is 2.65. The number of aryl methyl sites for hydroxylation is 2. The lowest BCUT2D eigenvalue weighted by molar-refractivity contribution is 0.0733. The maximum absolute atomic E-state index is 13.0. The summed E-state index contributed by atoms with van der Waals surface area (Å²) in [4.78, 5) is 26.0. The summed E-state index contributed by atoms with van der Waals surface area (Å²) < 4.78 is 0. The molecule has 0 spiro atoms. The van der Waals surface area contributed by atoms with Crippen LogP contribution in [0.2, 0.25) is 0 Å². The van der Waals surface area contributed by atoms with Gasteiger partial charge in [0.15, 0.2) is 0 Å². The molecular formula is C21H28N4O. The van der Waals surface area contributed by atoms with Gasteiger partial charge in [-0.15, -0.1) is 0 Å². The smallest absolute Gasteiger partial charge is 0.254 e. The number of rotatable bonds is 5. The summed E-state index contributed by atoms with van der Waals surface area (Å²) in [7, 11) is 3.97. The van der Waals surface area contributed by atoms with E-state index in [1.54, 1.807) is 0 Å². The van der Waals surface area contributed by atoms with E-state index in [4.69, 9.17) is 0 Å². The lowest BCUT2D eigenvalue weighted by Gasteiger charge is -2.31. The largest absolute Gasteiger partial charge is 0.362 e. The highest BCUT2D eigenvalue weighted by molar-refractivity contribution is 5.94. The number of nitrogens with zero attached hydrogens (tertiary/aromatic N) is 4. The van der Waals surface area contributed by atoms with Gasteiger partial charge in [-0.1, -0.05) is 25.5 Å². The first-order valence-electron chi connectivity index (χ1n) is 9.41. The molecule has 1 aromatic carbocycles. The van der Waals surface area contributed by atoms with Crippen LogP contribution < -0.4 is 4.90 Å². The Bertz CT molecular complexity index is 783. The molecule has 138 valence electrons. The molecule has 3 rings (SSSR count). The summed E-state index contributed by atoms with van der Waals surface area (Å²) in [6.45, 7) is 5.39. The number of aromatic nitrogens is 2. The van der Waals surface area contributed by atoms with Crippen molar-refractivity contribution in [1.29, 1.82) is 0 Å². The van der Waals surface area contributed by atoms with Crippen LogP contribution in [0.15, 0.2) is 24.3 Å². The van der Waals surface area contributed by atoms with E-state index in [2.05, 4.69) is 29.0 Å². The van der Waals surface area contributed by atoms with Gasteiger partial charge in [-0.3, -0.25) is 4.79 Å². The predicted molar refractivity (Wildman–Crippen MR) is 105 cm³/mol. The fourth-order valence-electron chi connectivity index (χ4n) is 3.44. The monoisotopic (exact) mass is 352 g/mol. The summed E-state index contributed by atoms with van der Waals surface area (Å²) in [5.41, 5.74) is 4.19. The number of fused-ring (bicyclic) bond motifs is 1. The Labute approximate surface area is 156 Å². The van der Waals surface area contributed by atoms with Gasteiger partial charge < -0.3 is 9.80 Å². The molecule has 0 saturated carbocycles. The van der Waals surface area contributed by atoms with Crippen molar-refractivity contribution in [3.63, 3.8) is 0 Å². The molecule has 26 heavy (non-hydrogen) atoms. The van der Waals surface area contributed by atoms with E-state index in [-0.39, 0.29) is 5.91 Å². The van der Waals surface area contributed by atoms with Gasteiger partial charge >= 0.3 is 0 Å². The van der Waals surface area contributed by atoms with Crippen LogP contribution in [0.5, 0.6) is 0 Å². The quantitative estimate of drug-likeness (QED) is 0.828. The van der Waals surface area contributed by atoms with Crippen LogP contribution in [-0.2, 0) is 19.4 Å². The Morgan fingerprint density at radius 2 is 1.92 bits per heavy atom. The minimum absolute atomic E-state index is 0.0861. The molecule has 0 atom stereocenters. The van der Waals surface area contributed by atoms with E-state index in [9.17, 15) is 4.79 Å². The highest BCUT2D eigenvalue weighted by atomic mass is 16.2. The van der Waals surface area contributed by atoms with Crippen LogP contribution >= 0.6 is 0 Å². The van der Waals surface area contributed by atoms with Crippen LogP contribution in [0.3, 0.4) is 0 Å². The lowest BCUT2D eigenvalue weighted by atomic mass is 10.0. The van der Waals surface area contributed by atoms with Gasteiger partial charge in [-0.2, -0.15) is 0 Å². The molecule has 0 N–H and O–H groups in total. The van der Waals surface area contributed by atoms with Gasteiger partial charge in [0.25, 0.3) is 5.91 Å². The van der Waals surface area contributed by atoms with E-state index < -0.39 is 0 Å². The van der Waals surface area contributed by atoms with Crippen molar-refractivity contribution in [3.05, 3.63) is 52.5 Å². The predicted octanol–water partition coefficient (Wildman–Crippen LogP) is 3.39. The number of carbonyl (C=O) groups excluding carboxylic acids is 1. The van der Waals surface area contributed by atoms with Crippen molar-refractivity contribution in [2.45, 2.75) is 46.1 Å². The second-order valence-electron chi connectivity index (χ2n) is 7.19. The van der Waals surface area contributed by atoms with Gasteiger partial charge in [0.05, 0.1) is 12.2 Å². The van der Waals surface area contributed by atoms with Gasteiger partial charge in [0, 0.05) is 38.2 Å². The molecule has 1 aromatic heterocycles. The number of hydrogen-bond acceptors (Lipinski definition) is 4. The molecule has 2 heterocycles. The summed E-state index contributed by atoms with van der Waals surface area (Å²) in [5, 5.41) is 0. The number of benzene rings is 1. The fourth-order valence-corrected chi connectivity index (χ4v) is 3.44. The molecule has 5 heteroatoms. The minimum Gasteiger partial charge on any atom is -0.362 e. The third-order valence-corrected chi connectivity index (χ3v) is 4.88. The minimum atomic E-state index is 0.0861. The molecule has 0 bridgehead atoms. The van der Waals surface area contributed by atoms with Crippen molar-refractivity contribution in [2.24, 2.45) is 0 Å². The van der Waals surface area contributed by atoms with Crippen molar-refractivity contribution in [2.75, 3.05) is 25.5 Å². The normalized spacial score (nSPS) is 13.5. The summed E-state index contributed by atoms with van der Waals surface area (Å²) in [6, 6.07) is 8.08. The maximum atomic E-state index is 13.0. The molecule has 0 saturated heterocycles. The molecule has 1 aliphatic rings. The van der Waals surface area contributed by atoms with Crippen molar-refractivity contribution < 1.29 is 4.79 Å². The lowest BCUT2D eigenvalue weighted by Crippen LogP contribution is -2.37. The topological polar surface area (TPSA) is 49.3 Å².